The number of benzene rings is 2. The van der Waals surface area contributed by atoms with Gasteiger partial charge in [0.15, 0.2) is 0 Å². The Morgan fingerprint density at radius 1 is 1.03 bits per heavy atom. The Morgan fingerprint density at radius 2 is 1.74 bits per heavy atom. The molecule has 3 rings (SSSR count). The molecule has 2 amide bonds. The van der Waals surface area contributed by atoms with Crippen LogP contribution in [0.5, 0.6) is 0 Å². The molecule has 0 spiro atoms. The Labute approximate surface area is 205 Å². The van der Waals surface area contributed by atoms with Crippen LogP contribution >= 0.6 is 11.3 Å². The zero-order valence-corrected chi connectivity index (χ0v) is 20.7. The summed E-state index contributed by atoms with van der Waals surface area (Å²) >= 11 is 1.60. The van der Waals surface area contributed by atoms with Gasteiger partial charge in [-0.15, -0.1) is 11.3 Å². The van der Waals surface area contributed by atoms with Gasteiger partial charge in [0.05, 0.1) is 6.54 Å². The fourth-order valence-electron chi connectivity index (χ4n) is 3.53. The van der Waals surface area contributed by atoms with Gasteiger partial charge in [-0.25, -0.2) is 4.39 Å². The third-order valence-electron chi connectivity index (χ3n) is 5.87. The molecular weight excluding hydrogens is 447 g/mol. The van der Waals surface area contributed by atoms with Crippen LogP contribution in [0, 0.1) is 12.7 Å². The molecule has 0 fully saturated rings. The van der Waals surface area contributed by atoms with Gasteiger partial charge in [0.1, 0.15) is 12.4 Å². The Bertz CT molecular complexity index is 1110. The van der Waals surface area contributed by atoms with E-state index in [0.717, 1.165) is 28.0 Å². The number of rotatable bonds is 10. The quantitative estimate of drug-likeness (QED) is 0.332. The summed E-state index contributed by atoms with van der Waals surface area (Å²) < 4.78 is 13.4. The molecule has 4 nitrogen and oxygen atoms in total. The molecule has 6 heteroatoms. The summed E-state index contributed by atoms with van der Waals surface area (Å²) in [6.07, 6.45) is 4.04. The highest BCUT2D eigenvalue weighted by molar-refractivity contribution is 7.10. The van der Waals surface area contributed by atoms with Gasteiger partial charge in [-0.1, -0.05) is 49.4 Å². The van der Waals surface area contributed by atoms with Crippen LogP contribution in [0.15, 0.2) is 72.1 Å². The number of carbonyl (C=O) groups excluding carboxylic acids is 2. The summed E-state index contributed by atoms with van der Waals surface area (Å²) in [5, 5.41) is 2.01. The van der Waals surface area contributed by atoms with E-state index in [1.807, 2.05) is 62.5 Å². The van der Waals surface area contributed by atoms with Crippen molar-refractivity contribution in [1.29, 1.82) is 0 Å². The van der Waals surface area contributed by atoms with Gasteiger partial charge < -0.3 is 9.80 Å². The van der Waals surface area contributed by atoms with Crippen LogP contribution in [0.4, 0.5) is 4.39 Å². The number of carbonyl (C=O) groups is 2. The molecule has 0 bridgehead atoms. The van der Waals surface area contributed by atoms with Crippen LogP contribution in [0.1, 0.15) is 41.8 Å². The third-order valence-corrected chi connectivity index (χ3v) is 6.88. The van der Waals surface area contributed by atoms with Crippen molar-refractivity contribution in [3.63, 3.8) is 0 Å². The van der Waals surface area contributed by atoms with Crippen LogP contribution < -0.4 is 0 Å². The molecule has 0 N–H and O–H groups in total. The number of aryl methyl sites for hydroxylation is 1. The van der Waals surface area contributed by atoms with Gasteiger partial charge in [-0.05, 0) is 66.6 Å². The number of halogens is 1. The monoisotopic (exact) mass is 478 g/mol. The second-order valence-electron chi connectivity index (χ2n) is 8.37. The van der Waals surface area contributed by atoms with Crippen LogP contribution in [-0.4, -0.2) is 34.2 Å². The maximum Gasteiger partial charge on any atom is 0.247 e. The topological polar surface area (TPSA) is 40.6 Å². The standard InChI is InChI=1S/C28H31FN2O2S/c1-4-22(3)31(27(32)15-12-23-8-6-5-7-9-23)20-28(33)30(19-26-21(2)16-17-34-26)18-24-10-13-25(29)14-11-24/h5-17,22H,4,18-20H2,1-3H3/b15-12+. The summed E-state index contributed by atoms with van der Waals surface area (Å²) in [6, 6.07) is 17.7. The van der Waals surface area contributed by atoms with Crippen LogP contribution in [0.3, 0.4) is 0 Å². The molecule has 0 saturated carbocycles. The molecule has 3 aromatic rings. The van der Waals surface area contributed by atoms with Gasteiger partial charge >= 0.3 is 0 Å². The van der Waals surface area contributed by atoms with E-state index in [0.29, 0.717) is 13.1 Å². The summed E-state index contributed by atoms with van der Waals surface area (Å²) in [6.45, 7) is 6.76. The van der Waals surface area contributed by atoms with E-state index in [4.69, 9.17) is 0 Å². The molecule has 0 aliphatic rings. The van der Waals surface area contributed by atoms with E-state index in [9.17, 15) is 14.0 Å². The summed E-state index contributed by atoms with van der Waals surface area (Å²) in [4.78, 5) is 31.0. The normalized spacial score (nSPS) is 12.0. The minimum atomic E-state index is -0.311. The maximum absolute atomic E-state index is 13.5. The molecule has 2 aromatic carbocycles. The van der Waals surface area contributed by atoms with E-state index >= 15 is 0 Å². The number of nitrogens with zero attached hydrogens (tertiary/aromatic N) is 2. The summed E-state index contributed by atoms with van der Waals surface area (Å²) in [5.74, 6) is -0.644. The van der Waals surface area contributed by atoms with Crippen molar-refractivity contribution >= 4 is 29.2 Å². The van der Waals surface area contributed by atoms with Crippen LogP contribution in [-0.2, 0) is 22.7 Å². The van der Waals surface area contributed by atoms with Gasteiger partial charge in [0, 0.05) is 23.5 Å². The SMILES string of the molecule is CCC(C)N(CC(=O)N(Cc1ccc(F)cc1)Cc1sccc1C)C(=O)/C=C/c1ccccc1. The lowest BCUT2D eigenvalue weighted by molar-refractivity contribution is -0.140. The van der Waals surface area contributed by atoms with E-state index in [2.05, 4.69) is 0 Å². The van der Waals surface area contributed by atoms with E-state index in [1.54, 1.807) is 39.3 Å². The number of thiophene rings is 1. The molecule has 34 heavy (non-hydrogen) atoms. The first kappa shape index (κ1) is 25.4. The largest absolute Gasteiger partial charge is 0.332 e. The highest BCUT2D eigenvalue weighted by Crippen LogP contribution is 2.20. The third kappa shape index (κ3) is 7.12. The average molecular weight is 479 g/mol. The molecule has 178 valence electrons. The number of amides is 2. The zero-order chi connectivity index (χ0) is 24.5. The lowest BCUT2D eigenvalue weighted by atomic mass is 10.1. The fraction of sp³-hybridized carbons (Fsp3) is 0.286. The second kappa shape index (κ2) is 12.3. The Morgan fingerprint density at radius 3 is 2.35 bits per heavy atom. The lowest BCUT2D eigenvalue weighted by Gasteiger charge is -2.30. The highest BCUT2D eigenvalue weighted by Gasteiger charge is 2.24. The van der Waals surface area contributed by atoms with Gasteiger partial charge in [-0.2, -0.15) is 0 Å². The second-order valence-corrected chi connectivity index (χ2v) is 9.37. The first-order valence-corrected chi connectivity index (χ1v) is 12.3. The van der Waals surface area contributed by atoms with Crippen molar-refractivity contribution in [2.24, 2.45) is 0 Å². The molecule has 0 saturated heterocycles. The van der Waals surface area contributed by atoms with Crippen molar-refractivity contribution in [3.8, 4) is 0 Å². The molecule has 0 radical (unpaired) electrons. The summed E-state index contributed by atoms with van der Waals surface area (Å²) in [5.41, 5.74) is 2.90. The predicted octanol–water partition coefficient (Wildman–Crippen LogP) is 6.06. The maximum atomic E-state index is 13.5. The first-order chi connectivity index (χ1) is 16.4. The average Bonchev–Trinajstić information content (AvgIpc) is 3.26. The predicted molar refractivity (Wildman–Crippen MR) is 137 cm³/mol. The van der Waals surface area contributed by atoms with E-state index in [-0.39, 0.29) is 30.2 Å². The van der Waals surface area contributed by atoms with Crippen molar-refractivity contribution in [2.45, 2.75) is 46.3 Å². The lowest BCUT2D eigenvalue weighted by Crippen LogP contribution is -2.45. The van der Waals surface area contributed by atoms with Crippen LogP contribution in [0.25, 0.3) is 6.08 Å². The van der Waals surface area contributed by atoms with Gasteiger partial charge in [-0.3, -0.25) is 9.59 Å². The minimum Gasteiger partial charge on any atom is -0.332 e. The van der Waals surface area contributed by atoms with Crippen molar-refractivity contribution in [2.75, 3.05) is 6.54 Å². The number of hydrogen-bond donors (Lipinski definition) is 0. The fourth-order valence-corrected chi connectivity index (χ4v) is 4.45. The molecule has 1 atom stereocenters. The zero-order valence-electron chi connectivity index (χ0n) is 19.9. The molecule has 0 aliphatic heterocycles. The first-order valence-electron chi connectivity index (χ1n) is 11.5. The smallest absolute Gasteiger partial charge is 0.247 e. The molecule has 1 unspecified atom stereocenters. The molecular formula is C28H31FN2O2S. The van der Waals surface area contributed by atoms with Gasteiger partial charge in [0.25, 0.3) is 0 Å². The Kier molecular flexibility index (Phi) is 9.16. The number of hydrogen-bond acceptors (Lipinski definition) is 3. The van der Waals surface area contributed by atoms with E-state index in [1.165, 1.54) is 18.2 Å². The van der Waals surface area contributed by atoms with Crippen molar-refractivity contribution in [3.05, 3.63) is 99.5 Å². The minimum absolute atomic E-state index is 0.0153. The van der Waals surface area contributed by atoms with Crippen molar-refractivity contribution in [1.82, 2.24) is 9.80 Å². The molecule has 1 aromatic heterocycles. The van der Waals surface area contributed by atoms with Crippen LogP contribution in [0.2, 0.25) is 0 Å². The summed E-state index contributed by atoms with van der Waals surface area (Å²) in [7, 11) is 0. The molecule has 1 heterocycles. The van der Waals surface area contributed by atoms with E-state index < -0.39 is 0 Å². The Hall–Kier alpha value is -3.25. The van der Waals surface area contributed by atoms with Gasteiger partial charge in [0.2, 0.25) is 11.8 Å². The molecule has 0 aliphatic carbocycles. The Balaban J connectivity index is 1.80. The van der Waals surface area contributed by atoms with Crippen molar-refractivity contribution < 1.29 is 14.0 Å². The highest BCUT2D eigenvalue weighted by atomic mass is 32.1.